The summed E-state index contributed by atoms with van der Waals surface area (Å²) in [6, 6.07) is 7.24. The van der Waals surface area contributed by atoms with Crippen molar-refractivity contribution in [1.29, 1.82) is 0 Å². The Morgan fingerprint density at radius 2 is 1.70 bits per heavy atom. The number of hydrogen-bond donors (Lipinski definition) is 1. The van der Waals surface area contributed by atoms with Crippen LogP contribution in [0.5, 0.6) is 0 Å². The number of hydrogen-bond acceptors (Lipinski definition) is 2. The fourth-order valence-electron chi connectivity index (χ4n) is 1.91. The molecule has 2 nitrogen and oxygen atoms in total. The molecule has 1 aromatic rings. The van der Waals surface area contributed by atoms with E-state index in [2.05, 4.69) is 5.32 Å². The van der Waals surface area contributed by atoms with Crippen LogP contribution in [0, 0.1) is 0 Å². The first-order chi connectivity index (χ1) is 9.12. The molecule has 0 saturated heterocycles. The van der Waals surface area contributed by atoms with E-state index in [1.54, 1.807) is 19.1 Å². The van der Waals surface area contributed by atoms with E-state index < -0.39 is 12.7 Å². The predicted octanol–water partition coefficient (Wildman–Crippen LogP) is 3.96. The standard InChI is InChI=1S/C15H23F3N2/c1-5-20(11-15(16,17)18)13-9-7-6-8-12(13)10-19-14(2,3)4/h6-9,19H,5,10-11H2,1-4H3. The van der Waals surface area contributed by atoms with Crippen molar-refractivity contribution in [3.63, 3.8) is 0 Å². The van der Waals surface area contributed by atoms with Crippen LogP contribution >= 0.6 is 0 Å². The Balaban J connectivity index is 2.92. The molecule has 0 aromatic heterocycles. The molecular formula is C15H23F3N2. The fraction of sp³-hybridized carbons (Fsp3) is 0.600. The van der Waals surface area contributed by atoms with Crippen molar-refractivity contribution >= 4 is 5.69 Å². The summed E-state index contributed by atoms with van der Waals surface area (Å²) in [5.74, 6) is 0. The van der Waals surface area contributed by atoms with Crippen LogP contribution in [-0.2, 0) is 6.54 Å². The van der Waals surface area contributed by atoms with Gasteiger partial charge in [0.15, 0.2) is 0 Å². The lowest BCUT2D eigenvalue weighted by molar-refractivity contribution is -0.119. The molecule has 114 valence electrons. The molecular weight excluding hydrogens is 265 g/mol. The summed E-state index contributed by atoms with van der Waals surface area (Å²) in [5.41, 5.74) is 1.45. The molecule has 0 amide bonds. The molecule has 0 unspecified atom stereocenters. The first-order valence-electron chi connectivity index (χ1n) is 6.77. The number of rotatable bonds is 5. The third-order valence-electron chi connectivity index (χ3n) is 2.89. The number of nitrogens with zero attached hydrogens (tertiary/aromatic N) is 1. The minimum Gasteiger partial charge on any atom is -0.363 e. The highest BCUT2D eigenvalue weighted by Gasteiger charge is 2.31. The summed E-state index contributed by atoms with van der Waals surface area (Å²) in [4.78, 5) is 1.36. The van der Waals surface area contributed by atoms with Gasteiger partial charge < -0.3 is 10.2 Å². The second kappa shape index (κ2) is 6.48. The zero-order valence-electron chi connectivity index (χ0n) is 12.5. The molecule has 20 heavy (non-hydrogen) atoms. The third-order valence-corrected chi connectivity index (χ3v) is 2.89. The average Bonchev–Trinajstić information content (AvgIpc) is 2.32. The van der Waals surface area contributed by atoms with Crippen molar-refractivity contribution in [1.82, 2.24) is 5.32 Å². The molecule has 0 saturated carbocycles. The molecule has 0 aliphatic carbocycles. The highest BCUT2D eigenvalue weighted by atomic mass is 19.4. The van der Waals surface area contributed by atoms with Crippen LogP contribution in [0.1, 0.15) is 33.3 Å². The monoisotopic (exact) mass is 288 g/mol. The Morgan fingerprint density at radius 3 is 2.20 bits per heavy atom. The van der Waals surface area contributed by atoms with E-state index in [1.807, 2.05) is 32.9 Å². The Kier molecular flexibility index (Phi) is 5.45. The average molecular weight is 288 g/mol. The van der Waals surface area contributed by atoms with E-state index in [-0.39, 0.29) is 5.54 Å². The summed E-state index contributed by atoms with van der Waals surface area (Å²) in [7, 11) is 0. The van der Waals surface area contributed by atoms with Gasteiger partial charge in [0.05, 0.1) is 0 Å². The number of nitrogens with one attached hydrogen (secondary N) is 1. The number of halogens is 3. The summed E-state index contributed by atoms with van der Waals surface area (Å²) in [5, 5.41) is 3.31. The highest BCUT2D eigenvalue weighted by Crippen LogP contribution is 2.25. The second-order valence-corrected chi connectivity index (χ2v) is 5.86. The van der Waals surface area contributed by atoms with Crippen LogP contribution in [-0.4, -0.2) is 24.8 Å². The van der Waals surface area contributed by atoms with E-state index in [0.29, 0.717) is 18.8 Å². The maximum atomic E-state index is 12.6. The highest BCUT2D eigenvalue weighted by molar-refractivity contribution is 5.53. The first kappa shape index (κ1) is 16.8. The van der Waals surface area contributed by atoms with Crippen LogP contribution in [0.15, 0.2) is 24.3 Å². The van der Waals surface area contributed by atoms with Gasteiger partial charge in [0.1, 0.15) is 6.54 Å². The Labute approximate surface area is 119 Å². The number of para-hydroxylation sites is 1. The zero-order chi connectivity index (χ0) is 15.4. The molecule has 0 aliphatic rings. The maximum Gasteiger partial charge on any atom is 0.405 e. The second-order valence-electron chi connectivity index (χ2n) is 5.86. The van der Waals surface area contributed by atoms with E-state index >= 15 is 0 Å². The quantitative estimate of drug-likeness (QED) is 0.882. The van der Waals surface area contributed by atoms with Crippen molar-refractivity contribution in [3.8, 4) is 0 Å². The van der Waals surface area contributed by atoms with Gasteiger partial charge in [-0.25, -0.2) is 0 Å². The largest absolute Gasteiger partial charge is 0.405 e. The van der Waals surface area contributed by atoms with Crippen LogP contribution < -0.4 is 10.2 Å². The topological polar surface area (TPSA) is 15.3 Å². The third kappa shape index (κ3) is 5.82. The number of alkyl halides is 3. The molecule has 0 radical (unpaired) electrons. The Hall–Kier alpha value is -1.23. The zero-order valence-corrected chi connectivity index (χ0v) is 12.5. The van der Waals surface area contributed by atoms with Gasteiger partial charge >= 0.3 is 6.18 Å². The Bertz CT molecular complexity index is 422. The maximum absolute atomic E-state index is 12.6. The van der Waals surface area contributed by atoms with Gasteiger partial charge in [-0.1, -0.05) is 18.2 Å². The normalized spacial score (nSPS) is 12.6. The Morgan fingerprint density at radius 1 is 1.10 bits per heavy atom. The van der Waals surface area contributed by atoms with Crippen LogP contribution in [0.3, 0.4) is 0 Å². The molecule has 0 aliphatic heterocycles. The van der Waals surface area contributed by atoms with Crippen molar-refractivity contribution in [3.05, 3.63) is 29.8 Å². The summed E-state index contributed by atoms with van der Waals surface area (Å²) in [6.45, 7) is 7.78. The van der Waals surface area contributed by atoms with Gasteiger partial charge in [-0.3, -0.25) is 0 Å². The van der Waals surface area contributed by atoms with E-state index in [9.17, 15) is 13.2 Å². The van der Waals surface area contributed by atoms with Crippen molar-refractivity contribution in [2.75, 3.05) is 18.0 Å². The lowest BCUT2D eigenvalue weighted by atomic mass is 10.1. The molecule has 0 atom stereocenters. The SMILES string of the molecule is CCN(CC(F)(F)F)c1ccccc1CNC(C)(C)C. The lowest BCUT2D eigenvalue weighted by Crippen LogP contribution is -2.37. The molecule has 0 bridgehead atoms. The van der Waals surface area contributed by atoms with Gasteiger partial charge in [0.25, 0.3) is 0 Å². The fourth-order valence-corrected chi connectivity index (χ4v) is 1.91. The van der Waals surface area contributed by atoms with Gasteiger partial charge in [-0.15, -0.1) is 0 Å². The molecule has 0 heterocycles. The predicted molar refractivity (Wildman–Crippen MR) is 77.0 cm³/mol. The van der Waals surface area contributed by atoms with Crippen LogP contribution in [0.2, 0.25) is 0 Å². The molecule has 0 fully saturated rings. The van der Waals surface area contributed by atoms with Crippen LogP contribution in [0.4, 0.5) is 18.9 Å². The van der Waals surface area contributed by atoms with Crippen molar-refractivity contribution < 1.29 is 13.2 Å². The summed E-state index contributed by atoms with van der Waals surface area (Å²) in [6.07, 6.45) is -4.19. The van der Waals surface area contributed by atoms with Crippen molar-refractivity contribution in [2.24, 2.45) is 0 Å². The van der Waals surface area contributed by atoms with Crippen LogP contribution in [0.25, 0.3) is 0 Å². The molecule has 1 aromatic carbocycles. The lowest BCUT2D eigenvalue weighted by Gasteiger charge is -2.28. The van der Waals surface area contributed by atoms with E-state index in [1.165, 1.54) is 4.90 Å². The number of anilines is 1. The molecule has 1 rings (SSSR count). The van der Waals surface area contributed by atoms with Gasteiger partial charge in [-0.05, 0) is 39.3 Å². The summed E-state index contributed by atoms with van der Waals surface area (Å²) < 4.78 is 37.9. The minimum absolute atomic E-state index is 0.0752. The number of benzene rings is 1. The van der Waals surface area contributed by atoms with Crippen molar-refractivity contribution in [2.45, 2.75) is 46.0 Å². The minimum atomic E-state index is -4.19. The molecule has 0 spiro atoms. The molecule has 5 heteroatoms. The smallest absolute Gasteiger partial charge is 0.363 e. The van der Waals surface area contributed by atoms with Gasteiger partial charge in [-0.2, -0.15) is 13.2 Å². The first-order valence-corrected chi connectivity index (χ1v) is 6.77. The molecule has 1 N–H and O–H groups in total. The van der Waals surface area contributed by atoms with Gasteiger partial charge in [0, 0.05) is 24.3 Å². The van der Waals surface area contributed by atoms with E-state index in [4.69, 9.17) is 0 Å². The summed E-state index contributed by atoms with van der Waals surface area (Å²) >= 11 is 0. The van der Waals surface area contributed by atoms with Gasteiger partial charge in [0.2, 0.25) is 0 Å². The van der Waals surface area contributed by atoms with E-state index in [0.717, 1.165) is 5.56 Å².